The molecule has 1 atom stereocenters. The van der Waals surface area contributed by atoms with Crippen molar-refractivity contribution in [2.24, 2.45) is 11.7 Å². The van der Waals surface area contributed by atoms with Gasteiger partial charge in [0.15, 0.2) is 0 Å². The zero-order valence-electron chi connectivity index (χ0n) is 9.23. The molecule has 4 nitrogen and oxygen atoms in total. The first-order chi connectivity index (χ1) is 8.06. The van der Waals surface area contributed by atoms with Crippen LogP contribution in [0.25, 0.3) is 0 Å². The number of halogens is 1. The van der Waals surface area contributed by atoms with Crippen LogP contribution in [0.5, 0.6) is 0 Å². The molecule has 0 spiro atoms. The van der Waals surface area contributed by atoms with Gasteiger partial charge in [-0.3, -0.25) is 9.59 Å². The number of primary amides is 1. The van der Waals surface area contributed by atoms with Crippen LogP contribution in [0.4, 0.5) is 0 Å². The van der Waals surface area contributed by atoms with Crippen LogP contribution in [-0.4, -0.2) is 23.3 Å². The predicted molar refractivity (Wildman–Crippen MR) is 64.2 cm³/mol. The summed E-state index contributed by atoms with van der Waals surface area (Å²) in [6.07, 6.45) is 0.225. The first kappa shape index (κ1) is 11.9. The molecule has 0 aliphatic carbocycles. The highest BCUT2D eigenvalue weighted by molar-refractivity contribution is 6.30. The maximum atomic E-state index is 11.7. The molecule has 1 aliphatic heterocycles. The van der Waals surface area contributed by atoms with Crippen LogP contribution in [0.1, 0.15) is 12.0 Å². The van der Waals surface area contributed by atoms with Gasteiger partial charge in [0.2, 0.25) is 11.8 Å². The van der Waals surface area contributed by atoms with E-state index in [1.807, 2.05) is 12.1 Å². The molecule has 0 aromatic heterocycles. The van der Waals surface area contributed by atoms with Crippen LogP contribution in [0, 0.1) is 5.92 Å². The third-order valence-corrected chi connectivity index (χ3v) is 3.16. The first-order valence-electron chi connectivity index (χ1n) is 5.38. The Morgan fingerprint density at radius 2 is 2.06 bits per heavy atom. The molecule has 1 aliphatic rings. The number of hydrogen-bond acceptors (Lipinski definition) is 2. The maximum Gasteiger partial charge on any atom is 0.223 e. The minimum absolute atomic E-state index is 0.0243. The summed E-state index contributed by atoms with van der Waals surface area (Å²) in [5.74, 6) is -0.782. The van der Waals surface area contributed by atoms with Gasteiger partial charge in [-0.05, 0) is 17.7 Å². The standard InChI is InChI=1S/C12H13ClN2O2/c13-10-3-1-8(2-4-10)6-15-7-9(12(14)17)5-11(15)16/h1-4,9H,5-7H2,(H2,14,17). The molecule has 0 bridgehead atoms. The Labute approximate surface area is 104 Å². The monoisotopic (exact) mass is 252 g/mol. The molecule has 2 amide bonds. The van der Waals surface area contributed by atoms with Gasteiger partial charge in [-0.1, -0.05) is 23.7 Å². The van der Waals surface area contributed by atoms with Crippen molar-refractivity contribution in [3.05, 3.63) is 34.9 Å². The number of amides is 2. The van der Waals surface area contributed by atoms with E-state index in [1.54, 1.807) is 17.0 Å². The third kappa shape index (κ3) is 2.77. The Hall–Kier alpha value is -1.55. The molecule has 17 heavy (non-hydrogen) atoms. The van der Waals surface area contributed by atoms with Gasteiger partial charge < -0.3 is 10.6 Å². The van der Waals surface area contributed by atoms with E-state index in [0.717, 1.165) is 5.56 Å². The fraction of sp³-hybridized carbons (Fsp3) is 0.333. The third-order valence-electron chi connectivity index (χ3n) is 2.90. The SMILES string of the molecule is NC(=O)C1CC(=O)N(Cc2ccc(Cl)cc2)C1. The second-order valence-electron chi connectivity index (χ2n) is 4.20. The summed E-state index contributed by atoms with van der Waals surface area (Å²) in [4.78, 5) is 24.3. The minimum atomic E-state index is -0.406. The molecule has 1 unspecified atom stereocenters. The average molecular weight is 253 g/mol. The topological polar surface area (TPSA) is 63.4 Å². The highest BCUT2D eigenvalue weighted by Gasteiger charge is 2.32. The van der Waals surface area contributed by atoms with Gasteiger partial charge in [-0.25, -0.2) is 0 Å². The van der Waals surface area contributed by atoms with Crippen LogP contribution in [0.15, 0.2) is 24.3 Å². The van der Waals surface area contributed by atoms with E-state index in [1.165, 1.54) is 0 Å². The van der Waals surface area contributed by atoms with Gasteiger partial charge in [-0.2, -0.15) is 0 Å². The number of nitrogens with two attached hydrogens (primary N) is 1. The van der Waals surface area contributed by atoms with Gasteiger partial charge in [0, 0.05) is 24.5 Å². The van der Waals surface area contributed by atoms with E-state index in [2.05, 4.69) is 0 Å². The van der Waals surface area contributed by atoms with Crippen molar-refractivity contribution in [1.29, 1.82) is 0 Å². The minimum Gasteiger partial charge on any atom is -0.369 e. The average Bonchev–Trinajstić information content (AvgIpc) is 2.64. The van der Waals surface area contributed by atoms with E-state index in [9.17, 15) is 9.59 Å². The van der Waals surface area contributed by atoms with Crippen molar-refractivity contribution in [3.63, 3.8) is 0 Å². The van der Waals surface area contributed by atoms with Crippen LogP contribution in [-0.2, 0) is 16.1 Å². The predicted octanol–water partition coefficient (Wildman–Crippen LogP) is 1.17. The van der Waals surface area contributed by atoms with Crippen LogP contribution >= 0.6 is 11.6 Å². The Kier molecular flexibility index (Phi) is 3.33. The van der Waals surface area contributed by atoms with Crippen molar-refractivity contribution in [1.82, 2.24) is 4.90 Å². The lowest BCUT2D eigenvalue weighted by molar-refractivity contribution is -0.128. The highest BCUT2D eigenvalue weighted by Crippen LogP contribution is 2.20. The van der Waals surface area contributed by atoms with Gasteiger partial charge in [0.25, 0.3) is 0 Å². The number of nitrogens with zero attached hydrogens (tertiary/aromatic N) is 1. The van der Waals surface area contributed by atoms with Crippen LogP contribution in [0.2, 0.25) is 5.02 Å². The molecule has 90 valence electrons. The Morgan fingerprint density at radius 1 is 1.41 bits per heavy atom. The van der Waals surface area contributed by atoms with Gasteiger partial charge in [0.05, 0.1) is 5.92 Å². The molecular weight excluding hydrogens is 240 g/mol. The molecule has 1 heterocycles. The summed E-state index contributed by atoms with van der Waals surface area (Å²) in [5.41, 5.74) is 6.19. The second kappa shape index (κ2) is 4.75. The number of carbonyl (C=O) groups is 2. The summed E-state index contributed by atoms with van der Waals surface area (Å²) in [7, 11) is 0. The lowest BCUT2D eigenvalue weighted by atomic mass is 10.1. The second-order valence-corrected chi connectivity index (χ2v) is 4.64. The fourth-order valence-corrected chi connectivity index (χ4v) is 2.05. The van der Waals surface area contributed by atoms with Crippen molar-refractivity contribution in [2.45, 2.75) is 13.0 Å². The molecule has 0 saturated carbocycles. The molecule has 1 aromatic rings. The molecule has 2 rings (SSSR count). The van der Waals surface area contributed by atoms with E-state index in [-0.39, 0.29) is 18.2 Å². The Morgan fingerprint density at radius 3 is 2.59 bits per heavy atom. The van der Waals surface area contributed by atoms with Crippen molar-refractivity contribution in [3.8, 4) is 0 Å². The molecule has 2 N–H and O–H groups in total. The van der Waals surface area contributed by atoms with E-state index < -0.39 is 5.91 Å². The zero-order chi connectivity index (χ0) is 12.4. The molecule has 0 radical (unpaired) electrons. The summed E-state index contributed by atoms with van der Waals surface area (Å²) < 4.78 is 0. The molecule has 1 saturated heterocycles. The highest BCUT2D eigenvalue weighted by atomic mass is 35.5. The van der Waals surface area contributed by atoms with Crippen molar-refractivity contribution < 1.29 is 9.59 Å². The number of likely N-dealkylation sites (tertiary alicyclic amines) is 1. The lowest BCUT2D eigenvalue weighted by Crippen LogP contribution is -2.28. The quantitative estimate of drug-likeness (QED) is 0.878. The number of rotatable bonds is 3. The zero-order valence-corrected chi connectivity index (χ0v) is 9.98. The van der Waals surface area contributed by atoms with Crippen LogP contribution < -0.4 is 5.73 Å². The molecule has 1 fully saturated rings. The number of carbonyl (C=O) groups excluding carboxylic acids is 2. The molecule has 1 aromatic carbocycles. The molecule has 5 heteroatoms. The van der Waals surface area contributed by atoms with Crippen molar-refractivity contribution >= 4 is 23.4 Å². The Balaban J connectivity index is 2.02. The summed E-state index contributed by atoms with van der Waals surface area (Å²) >= 11 is 5.78. The smallest absolute Gasteiger partial charge is 0.223 e. The van der Waals surface area contributed by atoms with Gasteiger partial charge in [0.1, 0.15) is 0 Å². The van der Waals surface area contributed by atoms with E-state index in [0.29, 0.717) is 18.1 Å². The van der Waals surface area contributed by atoms with E-state index >= 15 is 0 Å². The Bertz CT molecular complexity index is 444. The van der Waals surface area contributed by atoms with Gasteiger partial charge in [-0.15, -0.1) is 0 Å². The van der Waals surface area contributed by atoms with Crippen LogP contribution in [0.3, 0.4) is 0 Å². The number of hydrogen-bond donors (Lipinski definition) is 1. The normalized spacial score (nSPS) is 19.7. The summed E-state index contributed by atoms with van der Waals surface area (Å²) in [6.45, 7) is 0.913. The fourth-order valence-electron chi connectivity index (χ4n) is 1.93. The lowest BCUT2D eigenvalue weighted by Gasteiger charge is -2.16. The number of benzene rings is 1. The van der Waals surface area contributed by atoms with E-state index in [4.69, 9.17) is 17.3 Å². The maximum absolute atomic E-state index is 11.7. The summed E-state index contributed by atoms with van der Waals surface area (Å²) in [5, 5.41) is 0.663. The largest absolute Gasteiger partial charge is 0.369 e. The summed E-state index contributed by atoms with van der Waals surface area (Å²) in [6, 6.07) is 7.30. The van der Waals surface area contributed by atoms with Crippen molar-refractivity contribution in [2.75, 3.05) is 6.54 Å². The van der Waals surface area contributed by atoms with Gasteiger partial charge >= 0.3 is 0 Å². The molecular formula is C12H13ClN2O2. The first-order valence-corrected chi connectivity index (χ1v) is 5.75.